The van der Waals surface area contributed by atoms with Gasteiger partial charge in [0.2, 0.25) is 10.0 Å². The second-order valence-corrected chi connectivity index (χ2v) is 10.1. The molecule has 152 valence electrons. The van der Waals surface area contributed by atoms with Gasteiger partial charge in [-0.25, -0.2) is 12.7 Å². The Morgan fingerprint density at radius 2 is 1.70 bits per heavy atom. The van der Waals surface area contributed by atoms with Gasteiger partial charge in [0, 0.05) is 32.2 Å². The number of piperidine rings is 1. The second-order valence-electron chi connectivity index (χ2n) is 7.90. The smallest absolute Gasteiger partial charge is 0.251 e. The first-order valence-corrected chi connectivity index (χ1v) is 11.2. The zero-order chi connectivity index (χ0) is 20.0. The standard InChI is InChI=1S/C20H33N3O3S/c1-16(2)14-18(23-12-6-5-7-13-23)15-21-20(24)17-8-10-19(11-9-17)27(25,26)22(3)4/h8-11,16,18H,5-7,12-15H2,1-4H3,(H,21,24). The second kappa shape index (κ2) is 9.66. The highest BCUT2D eigenvalue weighted by Gasteiger charge is 2.23. The highest BCUT2D eigenvalue weighted by Crippen LogP contribution is 2.18. The molecule has 0 radical (unpaired) electrons. The van der Waals surface area contributed by atoms with Gasteiger partial charge in [0.05, 0.1) is 4.90 Å². The molecule has 1 fully saturated rings. The van der Waals surface area contributed by atoms with Crippen molar-refractivity contribution < 1.29 is 13.2 Å². The first-order valence-electron chi connectivity index (χ1n) is 9.76. The van der Waals surface area contributed by atoms with E-state index in [4.69, 9.17) is 0 Å². The van der Waals surface area contributed by atoms with Gasteiger partial charge in [-0.15, -0.1) is 0 Å². The zero-order valence-electron chi connectivity index (χ0n) is 16.9. The molecule has 1 amide bonds. The van der Waals surface area contributed by atoms with Crippen LogP contribution in [0.15, 0.2) is 29.2 Å². The average molecular weight is 396 g/mol. The van der Waals surface area contributed by atoms with E-state index in [9.17, 15) is 13.2 Å². The van der Waals surface area contributed by atoms with Crippen LogP contribution in [-0.2, 0) is 10.0 Å². The summed E-state index contributed by atoms with van der Waals surface area (Å²) >= 11 is 0. The lowest BCUT2D eigenvalue weighted by atomic mass is 9.99. The minimum Gasteiger partial charge on any atom is -0.350 e. The highest BCUT2D eigenvalue weighted by atomic mass is 32.2. The fraction of sp³-hybridized carbons (Fsp3) is 0.650. The molecule has 0 aromatic heterocycles. The molecule has 0 saturated carbocycles. The Morgan fingerprint density at radius 1 is 1.11 bits per heavy atom. The molecule has 1 saturated heterocycles. The fourth-order valence-electron chi connectivity index (χ4n) is 3.49. The monoisotopic (exact) mass is 395 g/mol. The molecule has 1 aliphatic heterocycles. The normalized spacial score (nSPS) is 17.3. The minimum absolute atomic E-state index is 0.158. The number of rotatable bonds is 8. The molecule has 1 unspecified atom stereocenters. The summed E-state index contributed by atoms with van der Waals surface area (Å²) in [6.07, 6.45) is 4.80. The van der Waals surface area contributed by atoms with Crippen LogP contribution in [0.2, 0.25) is 0 Å². The summed E-state index contributed by atoms with van der Waals surface area (Å²) in [5.74, 6) is 0.416. The van der Waals surface area contributed by atoms with Gasteiger partial charge in [0.15, 0.2) is 0 Å². The Bertz CT molecular complexity index is 708. The third kappa shape index (κ3) is 6.02. The molecule has 1 aromatic rings. The maximum atomic E-state index is 12.5. The van der Waals surface area contributed by atoms with Crippen molar-refractivity contribution in [2.75, 3.05) is 33.7 Å². The van der Waals surface area contributed by atoms with E-state index in [-0.39, 0.29) is 10.8 Å². The van der Waals surface area contributed by atoms with Crippen LogP contribution in [-0.4, -0.2) is 63.3 Å². The van der Waals surface area contributed by atoms with Gasteiger partial charge in [-0.1, -0.05) is 20.3 Å². The lowest BCUT2D eigenvalue weighted by Gasteiger charge is -2.35. The molecule has 0 aliphatic carbocycles. The third-order valence-electron chi connectivity index (χ3n) is 5.04. The van der Waals surface area contributed by atoms with Crippen molar-refractivity contribution in [3.8, 4) is 0 Å². The Hall–Kier alpha value is -1.44. The van der Waals surface area contributed by atoms with Crippen molar-refractivity contribution in [1.29, 1.82) is 0 Å². The largest absolute Gasteiger partial charge is 0.350 e. The van der Waals surface area contributed by atoms with Gasteiger partial charge in [-0.05, 0) is 62.5 Å². The summed E-state index contributed by atoms with van der Waals surface area (Å²) in [6, 6.07) is 6.47. The van der Waals surface area contributed by atoms with E-state index in [0.717, 1.165) is 23.8 Å². The van der Waals surface area contributed by atoms with Crippen molar-refractivity contribution in [2.24, 2.45) is 5.92 Å². The number of sulfonamides is 1. The molecule has 6 nitrogen and oxygen atoms in total. The third-order valence-corrected chi connectivity index (χ3v) is 6.87. The van der Waals surface area contributed by atoms with E-state index in [2.05, 4.69) is 24.1 Å². The molecular formula is C20H33N3O3S. The Labute approximate surface area is 164 Å². The van der Waals surface area contributed by atoms with Gasteiger partial charge in [0.25, 0.3) is 5.91 Å². The lowest BCUT2D eigenvalue weighted by Crippen LogP contribution is -2.46. The Kier molecular flexibility index (Phi) is 7.82. The fourth-order valence-corrected chi connectivity index (χ4v) is 4.39. The molecule has 1 aromatic carbocycles. The number of hydrogen-bond donors (Lipinski definition) is 1. The van der Waals surface area contributed by atoms with E-state index < -0.39 is 10.0 Å². The van der Waals surface area contributed by atoms with E-state index in [0.29, 0.717) is 24.1 Å². The molecule has 1 aliphatic rings. The topological polar surface area (TPSA) is 69.7 Å². The highest BCUT2D eigenvalue weighted by molar-refractivity contribution is 7.89. The predicted molar refractivity (Wildman–Crippen MR) is 108 cm³/mol. The van der Waals surface area contributed by atoms with Crippen LogP contribution in [0.5, 0.6) is 0 Å². The van der Waals surface area contributed by atoms with Crippen molar-refractivity contribution in [2.45, 2.75) is 50.5 Å². The average Bonchev–Trinajstić information content (AvgIpc) is 2.65. The maximum Gasteiger partial charge on any atom is 0.251 e. The molecule has 1 N–H and O–H groups in total. The number of hydrogen-bond acceptors (Lipinski definition) is 4. The predicted octanol–water partition coefficient (Wildman–Crippen LogP) is 2.57. The minimum atomic E-state index is -3.48. The number of benzene rings is 1. The van der Waals surface area contributed by atoms with Gasteiger partial charge in [0.1, 0.15) is 0 Å². The number of nitrogens with zero attached hydrogens (tertiary/aromatic N) is 2. The quantitative estimate of drug-likeness (QED) is 0.734. The number of likely N-dealkylation sites (tertiary alicyclic amines) is 1. The van der Waals surface area contributed by atoms with Crippen LogP contribution >= 0.6 is 0 Å². The SMILES string of the molecule is CC(C)CC(CNC(=O)c1ccc(S(=O)(=O)N(C)C)cc1)N1CCCCC1. The summed E-state index contributed by atoms with van der Waals surface area (Å²) in [4.78, 5) is 15.2. The summed E-state index contributed by atoms with van der Waals surface area (Å²) < 4.78 is 25.4. The zero-order valence-corrected chi connectivity index (χ0v) is 17.8. The Morgan fingerprint density at radius 3 is 2.22 bits per heavy atom. The molecule has 2 rings (SSSR count). The molecule has 27 heavy (non-hydrogen) atoms. The van der Waals surface area contributed by atoms with Crippen molar-refractivity contribution in [1.82, 2.24) is 14.5 Å². The number of amides is 1. The summed E-state index contributed by atoms with van der Waals surface area (Å²) in [5.41, 5.74) is 0.481. The lowest BCUT2D eigenvalue weighted by molar-refractivity contribution is 0.0913. The summed E-state index contributed by atoms with van der Waals surface area (Å²) in [7, 11) is -0.495. The number of nitrogens with one attached hydrogen (secondary N) is 1. The number of carbonyl (C=O) groups is 1. The Balaban J connectivity index is 2.00. The first kappa shape index (κ1) is 21.9. The van der Waals surface area contributed by atoms with Crippen LogP contribution < -0.4 is 5.32 Å². The summed E-state index contributed by atoms with van der Waals surface area (Å²) in [5, 5.41) is 3.04. The van der Waals surface area contributed by atoms with E-state index in [1.165, 1.54) is 45.5 Å². The van der Waals surface area contributed by atoms with Crippen molar-refractivity contribution in [3.63, 3.8) is 0 Å². The first-order chi connectivity index (χ1) is 12.7. The van der Waals surface area contributed by atoms with E-state index in [1.807, 2.05) is 0 Å². The molecule has 1 heterocycles. The van der Waals surface area contributed by atoms with Crippen LogP contribution in [0.1, 0.15) is 49.9 Å². The van der Waals surface area contributed by atoms with E-state index >= 15 is 0 Å². The van der Waals surface area contributed by atoms with Crippen LogP contribution in [0.25, 0.3) is 0 Å². The molecule has 0 spiro atoms. The van der Waals surface area contributed by atoms with Gasteiger partial charge < -0.3 is 5.32 Å². The molecular weight excluding hydrogens is 362 g/mol. The van der Waals surface area contributed by atoms with E-state index in [1.54, 1.807) is 12.1 Å². The van der Waals surface area contributed by atoms with Gasteiger partial charge in [-0.3, -0.25) is 9.69 Å². The molecule has 0 bridgehead atoms. The van der Waals surface area contributed by atoms with Crippen LogP contribution in [0.3, 0.4) is 0 Å². The van der Waals surface area contributed by atoms with Crippen molar-refractivity contribution >= 4 is 15.9 Å². The van der Waals surface area contributed by atoms with Crippen LogP contribution in [0, 0.1) is 5.92 Å². The van der Waals surface area contributed by atoms with Gasteiger partial charge >= 0.3 is 0 Å². The number of carbonyl (C=O) groups excluding carboxylic acids is 1. The summed E-state index contributed by atoms with van der Waals surface area (Å²) in [6.45, 7) is 7.24. The molecule has 7 heteroatoms. The van der Waals surface area contributed by atoms with Gasteiger partial charge in [-0.2, -0.15) is 0 Å². The van der Waals surface area contributed by atoms with Crippen LogP contribution in [0.4, 0.5) is 0 Å². The maximum absolute atomic E-state index is 12.5. The molecule has 1 atom stereocenters. The van der Waals surface area contributed by atoms with Crippen molar-refractivity contribution in [3.05, 3.63) is 29.8 Å².